The maximum absolute atomic E-state index is 9.48. The number of hydrogen-bond acceptors (Lipinski definition) is 3. The second kappa shape index (κ2) is 2.16. The predicted molar refractivity (Wildman–Crippen MR) is 25.0 cm³/mol. The van der Waals surface area contributed by atoms with Crippen LogP contribution in [0.3, 0.4) is 0 Å². The fraction of sp³-hybridized carbons (Fsp3) is 0. The van der Waals surface area contributed by atoms with Crippen molar-refractivity contribution < 1.29 is 13.9 Å². The van der Waals surface area contributed by atoms with E-state index in [1.807, 2.05) is 0 Å². The highest BCUT2D eigenvalue weighted by molar-refractivity contribution is 5.44. The quantitative estimate of drug-likeness (QED) is 0.564. The molecule has 1 heterocycles. The van der Waals surface area contributed by atoms with Gasteiger partial charge in [0.15, 0.2) is 5.75 Å². The molecular formula is C5H3O3. The van der Waals surface area contributed by atoms with E-state index < -0.39 is 0 Å². The lowest BCUT2D eigenvalue weighted by Gasteiger charge is -1.81. The van der Waals surface area contributed by atoms with Crippen molar-refractivity contribution in [3.8, 4) is 5.75 Å². The highest BCUT2D eigenvalue weighted by Crippen LogP contribution is 2.07. The molecule has 0 aliphatic carbocycles. The SMILES string of the molecule is O=[C]Oc1ccoc1. The van der Waals surface area contributed by atoms with Crippen LogP contribution >= 0.6 is 0 Å². The van der Waals surface area contributed by atoms with Gasteiger partial charge in [-0.25, -0.2) is 4.79 Å². The van der Waals surface area contributed by atoms with Gasteiger partial charge in [-0.15, -0.1) is 0 Å². The second-order valence-electron chi connectivity index (χ2n) is 1.14. The van der Waals surface area contributed by atoms with Gasteiger partial charge in [0.1, 0.15) is 6.26 Å². The first-order valence-corrected chi connectivity index (χ1v) is 1.99. The van der Waals surface area contributed by atoms with E-state index in [1.54, 1.807) is 0 Å². The van der Waals surface area contributed by atoms with Gasteiger partial charge in [0.2, 0.25) is 0 Å². The molecule has 0 unspecified atom stereocenters. The molecule has 0 aromatic carbocycles. The molecule has 0 spiro atoms. The molecule has 0 fully saturated rings. The molecule has 0 aliphatic rings. The van der Waals surface area contributed by atoms with Crippen molar-refractivity contribution in [2.24, 2.45) is 0 Å². The average Bonchev–Trinajstić information content (AvgIpc) is 2.19. The molecule has 1 aromatic heterocycles. The number of ether oxygens (including phenoxy) is 1. The van der Waals surface area contributed by atoms with Gasteiger partial charge >= 0.3 is 6.47 Å². The molecule has 1 rings (SSSR count). The monoisotopic (exact) mass is 111 g/mol. The summed E-state index contributed by atoms with van der Waals surface area (Å²) in [6.07, 6.45) is 2.72. The standard InChI is InChI=1S/C5H3O3/c6-4-8-5-1-2-7-3-5/h1-3H. The molecule has 1 radical (unpaired) electrons. The Balaban J connectivity index is 2.62. The van der Waals surface area contributed by atoms with Gasteiger partial charge in [0.05, 0.1) is 6.26 Å². The Bertz CT molecular complexity index is 154. The Morgan fingerprint density at radius 1 is 1.75 bits per heavy atom. The number of hydrogen-bond donors (Lipinski definition) is 0. The second-order valence-corrected chi connectivity index (χ2v) is 1.14. The van der Waals surface area contributed by atoms with Gasteiger partial charge in [-0.1, -0.05) is 0 Å². The average molecular weight is 111 g/mol. The summed E-state index contributed by atoms with van der Waals surface area (Å²) in [5.74, 6) is 0.375. The van der Waals surface area contributed by atoms with Crippen LogP contribution in [-0.2, 0) is 4.79 Å². The van der Waals surface area contributed by atoms with Crippen LogP contribution < -0.4 is 4.74 Å². The van der Waals surface area contributed by atoms with Crippen molar-refractivity contribution in [3.05, 3.63) is 18.6 Å². The lowest BCUT2D eigenvalue weighted by molar-refractivity contribution is 0.436. The van der Waals surface area contributed by atoms with Crippen LogP contribution in [0, 0.1) is 0 Å². The topological polar surface area (TPSA) is 39.4 Å². The van der Waals surface area contributed by atoms with Gasteiger partial charge < -0.3 is 9.15 Å². The summed E-state index contributed by atoms with van der Waals surface area (Å²) in [7, 11) is 0. The van der Waals surface area contributed by atoms with E-state index in [0.717, 1.165) is 0 Å². The third-order valence-corrected chi connectivity index (χ3v) is 0.655. The van der Waals surface area contributed by atoms with Crippen molar-refractivity contribution in [1.82, 2.24) is 0 Å². The predicted octanol–water partition coefficient (Wildman–Crippen LogP) is 0.726. The van der Waals surface area contributed by atoms with Gasteiger partial charge in [0, 0.05) is 6.07 Å². The molecule has 3 heteroatoms. The lowest BCUT2D eigenvalue weighted by atomic mass is 10.6. The fourth-order valence-corrected chi connectivity index (χ4v) is 0.358. The summed E-state index contributed by atoms with van der Waals surface area (Å²) in [6.45, 7) is 1.26. The molecule has 1 aromatic rings. The van der Waals surface area contributed by atoms with E-state index in [1.165, 1.54) is 25.1 Å². The van der Waals surface area contributed by atoms with Crippen molar-refractivity contribution in [2.45, 2.75) is 0 Å². The minimum Gasteiger partial charge on any atom is -0.469 e. The van der Waals surface area contributed by atoms with Crippen molar-refractivity contribution >= 4 is 6.47 Å². The molecule has 0 aliphatic heterocycles. The Morgan fingerprint density at radius 3 is 3.12 bits per heavy atom. The Labute approximate surface area is 45.9 Å². The maximum atomic E-state index is 9.48. The van der Waals surface area contributed by atoms with E-state index >= 15 is 0 Å². The van der Waals surface area contributed by atoms with Gasteiger partial charge in [-0.3, -0.25) is 0 Å². The molecule has 0 bridgehead atoms. The molecule has 0 N–H and O–H groups in total. The minimum atomic E-state index is 0.375. The Hall–Kier alpha value is -1.25. The maximum Gasteiger partial charge on any atom is 0.423 e. The zero-order chi connectivity index (χ0) is 5.82. The normalized spacial score (nSPS) is 8.50. The van der Waals surface area contributed by atoms with Crippen molar-refractivity contribution in [1.29, 1.82) is 0 Å². The summed E-state index contributed by atoms with van der Waals surface area (Å²) >= 11 is 0. The molecule has 0 saturated heterocycles. The summed E-state index contributed by atoms with van der Waals surface area (Å²) in [5.41, 5.74) is 0. The van der Waals surface area contributed by atoms with Crippen LogP contribution in [0.4, 0.5) is 0 Å². The Kier molecular flexibility index (Phi) is 1.32. The van der Waals surface area contributed by atoms with Crippen LogP contribution in [-0.4, -0.2) is 6.47 Å². The zero-order valence-electron chi connectivity index (χ0n) is 3.96. The Morgan fingerprint density at radius 2 is 2.62 bits per heavy atom. The van der Waals surface area contributed by atoms with E-state index in [-0.39, 0.29) is 0 Å². The smallest absolute Gasteiger partial charge is 0.423 e. The largest absolute Gasteiger partial charge is 0.469 e. The van der Waals surface area contributed by atoms with Crippen LogP contribution in [0.15, 0.2) is 23.0 Å². The molecule has 0 saturated carbocycles. The molecule has 41 valence electrons. The number of carbonyl (C=O) groups excluding carboxylic acids is 1. The number of furan rings is 1. The molecule has 8 heavy (non-hydrogen) atoms. The van der Waals surface area contributed by atoms with Crippen LogP contribution in [0.25, 0.3) is 0 Å². The lowest BCUT2D eigenvalue weighted by Crippen LogP contribution is -1.83. The van der Waals surface area contributed by atoms with Crippen LogP contribution in [0.5, 0.6) is 5.75 Å². The fourth-order valence-electron chi connectivity index (χ4n) is 0.358. The zero-order valence-corrected chi connectivity index (χ0v) is 3.96. The van der Waals surface area contributed by atoms with Crippen molar-refractivity contribution in [3.63, 3.8) is 0 Å². The molecule has 0 amide bonds. The van der Waals surface area contributed by atoms with E-state index in [0.29, 0.717) is 5.75 Å². The van der Waals surface area contributed by atoms with Gasteiger partial charge in [0.25, 0.3) is 0 Å². The van der Waals surface area contributed by atoms with Crippen LogP contribution in [0.2, 0.25) is 0 Å². The van der Waals surface area contributed by atoms with E-state index in [4.69, 9.17) is 0 Å². The first kappa shape index (κ1) is 4.90. The highest BCUT2D eigenvalue weighted by atomic mass is 16.5. The van der Waals surface area contributed by atoms with Crippen LogP contribution in [0.1, 0.15) is 0 Å². The molecular weight excluding hydrogens is 108 g/mol. The van der Waals surface area contributed by atoms with Crippen molar-refractivity contribution in [2.75, 3.05) is 0 Å². The third-order valence-electron chi connectivity index (χ3n) is 0.655. The van der Waals surface area contributed by atoms with E-state index in [2.05, 4.69) is 9.15 Å². The third kappa shape index (κ3) is 0.872. The summed E-state index contributed by atoms with van der Waals surface area (Å²) in [5, 5.41) is 0. The van der Waals surface area contributed by atoms with Gasteiger partial charge in [-0.2, -0.15) is 0 Å². The van der Waals surface area contributed by atoms with Gasteiger partial charge in [-0.05, 0) is 0 Å². The summed E-state index contributed by atoms with van der Waals surface area (Å²) in [6, 6.07) is 1.52. The first-order chi connectivity index (χ1) is 3.93. The highest BCUT2D eigenvalue weighted by Gasteiger charge is 1.89. The molecule has 0 atom stereocenters. The summed E-state index contributed by atoms with van der Waals surface area (Å²) < 4.78 is 8.81. The minimum absolute atomic E-state index is 0.375. The molecule has 3 nitrogen and oxygen atoms in total. The number of rotatable bonds is 2. The summed E-state index contributed by atoms with van der Waals surface area (Å²) in [4.78, 5) is 9.48. The van der Waals surface area contributed by atoms with E-state index in [9.17, 15) is 4.79 Å². The first-order valence-electron chi connectivity index (χ1n) is 1.99.